The molecular weight excluding hydrogens is 188 g/mol. The van der Waals surface area contributed by atoms with Crippen molar-refractivity contribution in [3.63, 3.8) is 0 Å². The lowest BCUT2D eigenvalue weighted by Gasteiger charge is -2.36. The number of nitrogens with one attached hydrogen (secondary N) is 1. The fourth-order valence-electron chi connectivity index (χ4n) is 2.62. The van der Waals surface area contributed by atoms with Gasteiger partial charge in [0, 0.05) is 25.2 Å². The number of anilines is 1. The van der Waals surface area contributed by atoms with E-state index in [1.54, 1.807) is 4.90 Å². The Morgan fingerprint density at radius 1 is 1.47 bits per heavy atom. The monoisotopic (exact) mass is 202 g/mol. The quantitative estimate of drug-likeness (QED) is 0.686. The first-order valence-corrected chi connectivity index (χ1v) is 5.39. The minimum Gasteiger partial charge on any atom is -0.315 e. The van der Waals surface area contributed by atoms with Gasteiger partial charge in [-0.15, -0.1) is 0 Å². The van der Waals surface area contributed by atoms with Gasteiger partial charge < -0.3 is 10.2 Å². The second kappa shape index (κ2) is 3.07. The van der Waals surface area contributed by atoms with Crippen LogP contribution in [0.1, 0.15) is 23.6 Å². The average Bonchev–Trinajstić information content (AvgIpc) is 2.26. The van der Waals surface area contributed by atoms with Gasteiger partial charge in [0.25, 0.3) is 0 Å². The molecule has 1 aromatic carbocycles. The Balaban J connectivity index is 2.21. The van der Waals surface area contributed by atoms with Crippen LogP contribution in [0, 0.1) is 0 Å². The third-order valence-electron chi connectivity index (χ3n) is 3.42. The zero-order chi connectivity index (χ0) is 10.4. The molecule has 1 N–H and O–H groups in total. The third kappa shape index (κ3) is 1.20. The number of hydrogen-bond acceptors (Lipinski definition) is 2. The van der Waals surface area contributed by atoms with Crippen LogP contribution in [0.15, 0.2) is 18.2 Å². The van der Waals surface area contributed by atoms with Crippen molar-refractivity contribution < 1.29 is 4.79 Å². The number of nitrogens with zero attached hydrogens (tertiary/aromatic N) is 1. The maximum atomic E-state index is 11.7. The van der Waals surface area contributed by atoms with Crippen LogP contribution in [0.2, 0.25) is 0 Å². The predicted octanol–water partition coefficient (Wildman–Crippen LogP) is 1.24. The van der Waals surface area contributed by atoms with Crippen LogP contribution in [0.3, 0.4) is 0 Å². The van der Waals surface area contributed by atoms with Crippen LogP contribution in [0.25, 0.3) is 0 Å². The molecule has 0 saturated heterocycles. The van der Waals surface area contributed by atoms with E-state index in [0.717, 1.165) is 18.7 Å². The van der Waals surface area contributed by atoms with E-state index in [4.69, 9.17) is 0 Å². The molecule has 0 spiro atoms. The van der Waals surface area contributed by atoms with Crippen molar-refractivity contribution in [2.24, 2.45) is 0 Å². The number of benzene rings is 1. The zero-order valence-electron chi connectivity index (χ0n) is 8.79. The number of hydrogen-bond donors (Lipinski definition) is 1. The first kappa shape index (κ1) is 8.92. The smallest absolute Gasteiger partial charge is 0.228 e. The number of amides is 1. The maximum absolute atomic E-state index is 11.7. The minimum absolute atomic E-state index is 0.207. The summed E-state index contributed by atoms with van der Waals surface area (Å²) in [6.07, 6.45) is 1.67. The highest BCUT2D eigenvalue weighted by molar-refractivity contribution is 5.97. The summed E-state index contributed by atoms with van der Waals surface area (Å²) in [6.45, 7) is 0.984. The number of carbonyl (C=O) groups excluding carboxylic acids is 1. The van der Waals surface area contributed by atoms with Gasteiger partial charge in [0.05, 0.1) is 0 Å². The van der Waals surface area contributed by atoms with Gasteiger partial charge in [0.1, 0.15) is 0 Å². The summed E-state index contributed by atoms with van der Waals surface area (Å²) in [5, 5.41) is 3.42. The largest absolute Gasteiger partial charge is 0.315 e. The highest BCUT2D eigenvalue weighted by Crippen LogP contribution is 2.37. The first-order valence-electron chi connectivity index (χ1n) is 5.39. The summed E-state index contributed by atoms with van der Waals surface area (Å²) in [4.78, 5) is 13.5. The molecule has 3 nitrogen and oxygen atoms in total. The normalized spacial score (nSPS) is 23.9. The second-order valence-corrected chi connectivity index (χ2v) is 4.26. The summed E-state index contributed by atoms with van der Waals surface area (Å²) in [5.74, 6) is 0.207. The third-order valence-corrected chi connectivity index (χ3v) is 3.42. The Morgan fingerprint density at radius 3 is 3.20 bits per heavy atom. The molecule has 1 aromatic rings. The molecule has 2 aliphatic heterocycles. The van der Waals surface area contributed by atoms with E-state index < -0.39 is 0 Å². The molecule has 78 valence electrons. The van der Waals surface area contributed by atoms with Crippen molar-refractivity contribution in [3.05, 3.63) is 29.3 Å². The van der Waals surface area contributed by atoms with Crippen LogP contribution in [-0.2, 0) is 11.2 Å². The van der Waals surface area contributed by atoms with E-state index in [1.165, 1.54) is 11.1 Å². The van der Waals surface area contributed by atoms with Gasteiger partial charge in [-0.05, 0) is 30.2 Å². The van der Waals surface area contributed by atoms with E-state index >= 15 is 0 Å². The van der Waals surface area contributed by atoms with E-state index in [9.17, 15) is 4.79 Å². The Kier molecular flexibility index (Phi) is 1.83. The number of rotatable bonds is 0. The Bertz CT molecular complexity index is 428. The summed E-state index contributed by atoms with van der Waals surface area (Å²) in [5.41, 5.74) is 3.82. The van der Waals surface area contributed by atoms with Crippen LogP contribution < -0.4 is 10.2 Å². The van der Waals surface area contributed by atoms with Gasteiger partial charge in [0.15, 0.2) is 0 Å². The molecule has 0 fully saturated rings. The van der Waals surface area contributed by atoms with Crippen LogP contribution >= 0.6 is 0 Å². The molecule has 1 unspecified atom stereocenters. The molecular formula is C12H14N2O. The van der Waals surface area contributed by atoms with Crippen molar-refractivity contribution in [1.29, 1.82) is 0 Å². The van der Waals surface area contributed by atoms with Crippen LogP contribution in [-0.4, -0.2) is 19.5 Å². The fourth-order valence-corrected chi connectivity index (χ4v) is 2.62. The minimum atomic E-state index is 0.207. The van der Waals surface area contributed by atoms with Gasteiger partial charge in [-0.1, -0.05) is 12.1 Å². The number of carbonyl (C=O) groups is 1. The van der Waals surface area contributed by atoms with E-state index in [1.807, 2.05) is 19.2 Å². The van der Waals surface area contributed by atoms with Gasteiger partial charge >= 0.3 is 0 Å². The molecule has 3 rings (SSSR count). The molecule has 0 radical (unpaired) electrons. The molecule has 0 aromatic heterocycles. The van der Waals surface area contributed by atoms with Crippen LogP contribution in [0.5, 0.6) is 0 Å². The molecule has 2 heterocycles. The SMILES string of the molecule is CN1C(=O)CC2NCCc3cccc1c32. The fraction of sp³-hybridized carbons (Fsp3) is 0.417. The molecule has 1 atom stereocenters. The van der Waals surface area contributed by atoms with Gasteiger partial charge in [-0.2, -0.15) is 0 Å². The standard InChI is InChI=1S/C12H14N2O/c1-14-10-4-2-3-8-5-6-13-9(12(8)10)7-11(14)15/h2-4,9,13H,5-7H2,1H3. The van der Waals surface area contributed by atoms with Gasteiger partial charge in [0.2, 0.25) is 5.91 Å². The summed E-state index contributed by atoms with van der Waals surface area (Å²) in [7, 11) is 1.86. The van der Waals surface area contributed by atoms with Gasteiger partial charge in [-0.3, -0.25) is 4.79 Å². The maximum Gasteiger partial charge on any atom is 0.228 e. The van der Waals surface area contributed by atoms with E-state index in [-0.39, 0.29) is 11.9 Å². The van der Waals surface area contributed by atoms with Crippen molar-refractivity contribution in [1.82, 2.24) is 5.32 Å². The summed E-state index contributed by atoms with van der Waals surface area (Å²) >= 11 is 0. The average molecular weight is 202 g/mol. The molecule has 15 heavy (non-hydrogen) atoms. The molecule has 1 amide bonds. The molecule has 2 aliphatic rings. The lowest BCUT2D eigenvalue weighted by atomic mass is 9.87. The first-order chi connectivity index (χ1) is 7.27. The van der Waals surface area contributed by atoms with E-state index in [0.29, 0.717) is 6.42 Å². The molecule has 0 aliphatic carbocycles. The molecule has 0 bridgehead atoms. The van der Waals surface area contributed by atoms with Crippen molar-refractivity contribution in [2.75, 3.05) is 18.5 Å². The molecule has 3 heteroatoms. The topological polar surface area (TPSA) is 32.3 Å². The van der Waals surface area contributed by atoms with E-state index in [2.05, 4.69) is 11.4 Å². The Morgan fingerprint density at radius 2 is 2.33 bits per heavy atom. The molecule has 0 saturated carbocycles. The van der Waals surface area contributed by atoms with Crippen molar-refractivity contribution in [2.45, 2.75) is 18.9 Å². The summed E-state index contributed by atoms with van der Waals surface area (Å²) < 4.78 is 0. The van der Waals surface area contributed by atoms with Crippen molar-refractivity contribution >= 4 is 11.6 Å². The zero-order valence-corrected chi connectivity index (χ0v) is 8.79. The Hall–Kier alpha value is -1.35. The predicted molar refractivity (Wildman–Crippen MR) is 58.9 cm³/mol. The second-order valence-electron chi connectivity index (χ2n) is 4.26. The van der Waals surface area contributed by atoms with Gasteiger partial charge in [-0.25, -0.2) is 0 Å². The lowest BCUT2D eigenvalue weighted by Crippen LogP contribution is -2.41. The Labute approximate surface area is 89.1 Å². The highest BCUT2D eigenvalue weighted by Gasteiger charge is 2.32. The highest BCUT2D eigenvalue weighted by atomic mass is 16.2. The summed E-state index contributed by atoms with van der Waals surface area (Å²) in [6, 6.07) is 6.51. The van der Waals surface area contributed by atoms with Crippen molar-refractivity contribution in [3.8, 4) is 0 Å². The van der Waals surface area contributed by atoms with Crippen LogP contribution in [0.4, 0.5) is 5.69 Å². The lowest BCUT2D eigenvalue weighted by molar-refractivity contribution is -0.119.